The van der Waals surface area contributed by atoms with Gasteiger partial charge in [-0.3, -0.25) is 0 Å². The third-order valence-electron chi connectivity index (χ3n) is 2.90. The molecule has 3 aromatic rings. The molecule has 1 aromatic carbocycles. The summed E-state index contributed by atoms with van der Waals surface area (Å²) < 4.78 is 2.04. The van der Waals surface area contributed by atoms with Gasteiger partial charge in [0.15, 0.2) is 5.15 Å². The Morgan fingerprint density at radius 1 is 1.17 bits per heavy atom. The zero-order valence-corrected chi connectivity index (χ0v) is 10.8. The summed E-state index contributed by atoms with van der Waals surface area (Å²) in [5.41, 5.74) is 2.71. The molecule has 0 bridgehead atoms. The standard InChI is InChI=1S/C13H11ClN4/c1-8-15-13(14)12(17-16-8)10-7-18(2)11-6-4-3-5-9(10)11/h3-7H,1-2H3. The molecule has 5 heteroatoms. The van der Waals surface area contributed by atoms with Crippen LogP contribution in [-0.4, -0.2) is 19.7 Å². The summed E-state index contributed by atoms with van der Waals surface area (Å²) in [6.45, 7) is 1.77. The van der Waals surface area contributed by atoms with Crippen LogP contribution in [-0.2, 0) is 7.05 Å². The lowest BCUT2D eigenvalue weighted by Gasteiger charge is -2.00. The number of aryl methyl sites for hydroxylation is 2. The maximum atomic E-state index is 6.15. The molecule has 0 spiro atoms. The molecule has 0 fully saturated rings. The first-order valence-corrected chi connectivity index (χ1v) is 5.96. The van der Waals surface area contributed by atoms with Crippen LogP contribution in [0.2, 0.25) is 5.15 Å². The number of hydrogen-bond donors (Lipinski definition) is 0. The van der Waals surface area contributed by atoms with Crippen LogP contribution in [0.3, 0.4) is 0 Å². The van der Waals surface area contributed by atoms with Gasteiger partial charge >= 0.3 is 0 Å². The van der Waals surface area contributed by atoms with Crippen LogP contribution in [0.5, 0.6) is 0 Å². The van der Waals surface area contributed by atoms with E-state index in [1.165, 1.54) is 0 Å². The SMILES string of the molecule is Cc1nnc(-c2cn(C)c3ccccc23)c(Cl)n1. The maximum absolute atomic E-state index is 6.15. The Bertz CT molecular complexity index is 733. The van der Waals surface area contributed by atoms with Crippen molar-refractivity contribution in [3.8, 4) is 11.3 Å². The quantitative estimate of drug-likeness (QED) is 0.674. The van der Waals surface area contributed by atoms with Crippen molar-refractivity contribution in [1.29, 1.82) is 0 Å². The fourth-order valence-corrected chi connectivity index (χ4v) is 2.34. The average molecular weight is 259 g/mol. The van der Waals surface area contributed by atoms with Crippen LogP contribution in [0.25, 0.3) is 22.2 Å². The molecule has 0 unspecified atom stereocenters. The van der Waals surface area contributed by atoms with Crippen LogP contribution in [0.15, 0.2) is 30.5 Å². The molecule has 0 N–H and O–H groups in total. The Kier molecular flexibility index (Phi) is 2.52. The van der Waals surface area contributed by atoms with Crippen LogP contribution < -0.4 is 0 Å². The zero-order valence-electron chi connectivity index (χ0n) is 10.1. The number of para-hydroxylation sites is 1. The number of rotatable bonds is 1. The molecular weight excluding hydrogens is 248 g/mol. The van der Waals surface area contributed by atoms with Gasteiger partial charge in [-0.15, -0.1) is 10.2 Å². The van der Waals surface area contributed by atoms with Gasteiger partial charge < -0.3 is 4.57 Å². The van der Waals surface area contributed by atoms with Crippen LogP contribution in [0.4, 0.5) is 0 Å². The number of fused-ring (bicyclic) bond motifs is 1. The van der Waals surface area contributed by atoms with E-state index in [0.717, 1.165) is 16.5 Å². The molecule has 0 atom stereocenters. The normalized spacial score (nSPS) is 11.1. The Morgan fingerprint density at radius 2 is 1.94 bits per heavy atom. The molecule has 4 nitrogen and oxygen atoms in total. The molecule has 0 aliphatic heterocycles. The van der Waals surface area contributed by atoms with Gasteiger partial charge in [0.1, 0.15) is 11.5 Å². The van der Waals surface area contributed by atoms with Crippen molar-refractivity contribution in [3.63, 3.8) is 0 Å². The molecular formula is C13H11ClN4. The highest BCUT2D eigenvalue weighted by molar-refractivity contribution is 6.32. The van der Waals surface area contributed by atoms with Gasteiger partial charge in [-0.2, -0.15) is 0 Å². The van der Waals surface area contributed by atoms with E-state index in [0.29, 0.717) is 16.7 Å². The van der Waals surface area contributed by atoms with Crippen molar-refractivity contribution in [2.24, 2.45) is 7.05 Å². The predicted octanol–water partition coefficient (Wildman–Crippen LogP) is 2.99. The van der Waals surface area contributed by atoms with Gasteiger partial charge in [0.2, 0.25) is 0 Å². The van der Waals surface area contributed by atoms with Gasteiger partial charge in [-0.25, -0.2) is 4.98 Å². The highest BCUT2D eigenvalue weighted by Crippen LogP contribution is 2.31. The van der Waals surface area contributed by atoms with Crippen LogP contribution >= 0.6 is 11.6 Å². The smallest absolute Gasteiger partial charge is 0.159 e. The fraction of sp³-hybridized carbons (Fsp3) is 0.154. The summed E-state index contributed by atoms with van der Waals surface area (Å²) in [6, 6.07) is 8.10. The molecule has 18 heavy (non-hydrogen) atoms. The van der Waals surface area contributed by atoms with Crippen molar-refractivity contribution in [1.82, 2.24) is 19.7 Å². The summed E-state index contributed by atoms with van der Waals surface area (Å²) in [5, 5.41) is 9.62. The lowest BCUT2D eigenvalue weighted by Crippen LogP contribution is -1.95. The lowest BCUT2D eigenvalue weighted by molar-refractivity contribution is 0.912. The second-order valence-electron chi connectivity index (χ2n) is 4.17. The van der Waals surface area contributed by atoms with E-state index in [1.807, 2.05) is 36.0 Å². The van der Waals surface area contributed by atoms with E-state index in [1.54, 1.807) is 6.92 Å². The van der Waals surface area contributed by atoms with Crippen molar-refractivity contribution < 1.29 is 0 Å². The molecule has 0 amide bonds. The lowest BCUT2D eigenvalue weighted by atomic mass is 10.1. The molecule has 0 saturated heterocycles. The van der Waals surface area contributed by atoms with Gasteiger partial charge in [0.25, 0.3) is 0 Å². The minimum atomic E-state index is 0.388. The minimum absolute atomic E-state index is 0.388. The molecule has 0 saturated carbocycles. The van der Waals surface area contributed by atoms with E-state index >= 15 is 0 Å². The molecule has 0 radical (unpaired) electrons. The van der Waals surface area contributed by atoms with Crippen LogP contribution in [0.1, 0.15) is 5.82 Å². The molecule has 3 rings (SSSR count). The molecule has 0 aliphatic carbocycles. The summed E-state index contributed by atoms with van der Waals surface area (Å²) in [5.74, 6) is 0.573. The average Bonchev–Trinajstić information content (AvgIpc) is 2.68. The van der Waals surface area contributed by atoms with Crippen molar-refractivity contribution in [2.45, 2.75) is 6.92 Å². The molecule has 2 heterocycles. The van der Waals surface area contributed by atoms with Gasteiger partial charge in [-0.1, -0.05) is 29.8 Å². The largest absolute Gasteiger partial charge is 0.350 e. The van der Waals surface area contributed by atoms with E-state index in [2.05, 4.69) is 21.2 Å². The summed E-state index contributed by atoms with van der Waals surface area (Å²) >= 11 is 6.15. The van der Waals surface area contributed by atoms with E-state index in [-0.39, 0.29) is 0 Å². The monoisotopic (exact) mass is 258 g/mol. The molecule has 2 aromatic heterocycles. The van der Waals surface area contributed by atoms with E-state index < -0.39 is 0 Å². The minimum Gasteiger partial charge on any atom is -0.350 e. The first-order valence-electron chi connectivity index (χ1n) is 5.58. The van der Waals surface area contributed by atoms with Crippen molar-refractivity contribution in [3.05, 3.63) is 41.4 Å². The molecule has 0 aliphatic rings. The van der Waals surface area contributed by atoms with Gasteiger partial charge in [0.05, 0.1) is 0 Å². The second kappa shape index (κ2) is 4.07. The van der Waals surface area contributed by atoms with Gasteiger partial charge in [-0.05, 0) is 13.0 Å². The number of nitrogens with zero attached hydrogens (tertiary/aromatic N) is 4. The number of halogens is 1. The maximum Gasteiger partial charge on any atom is 0.159 e. The Hall–Kier alpha value is -1.94. The Morgan fingerprint density at radius 3 is 2.72 bits per heavy atom. The fourth-order valence-electron chi connectivity index (χ4n) is 2.08. The second-order valence-corrected chi connectivity index (χ2v) is 4.53. The Labute approximate surface area is 109 Å². The highest BCUT2D eigenvalue weighted by Gasteiger charge is 2.14. The van der Waals surface area contributed by atoms with E-state index in [4.69, 9.17) is 11.6 Å². The Balaban J connectivity index is 2.32. The summed E-state index contributed by atoms with van der Waals surface area (Å²) in [4.78, 5) is 4.15. The van der Waals surface area contributed by atoms with Crippen LogP contribution in [0, 0.1) is 6.92 Å². The number of hydrogen-bond acceptors (Lipinski definition) is 3. The topological polar surface area (TPSA) is 43.6 Å². The number of aromatic nitrogens is 4. The highest BCUT2D eigenvalue weighted by atomic mass is 35.5. The third-order valence-corrected chi connectivity index (χ3v) is 3.17. The zero-order chi connectivity index (χ0) is 12.7. The number of benzene rings is 1. The summed E-state index contributed by atoms with van der Waals surface area (Å²) in [7, 11) is 1.99. The first-order chi connectivity index (χ1) is 8.66. The molecule has 90 valence electrons. The van der Waals surface area contributed by atoms with Crippen molar-refractivity contribution >= 4 is 22.5 Å². The predicted molar refractivity (Wildman–Crippen MR) is 71.5 cm³/mol. The van der Waals surface area contributed by atoms with E-state index in [9.17, 15) is 0 Å². The van der Waals surface area contributed by atoms with Gasteiger partial charge in [0, 0.05) is 29.7 Å². The summed E-state index contributed by atoms with van der Waals surface area (Å²) in [6.07, 6.45) is 2.00. The first kappa shape index (κ1) is 11.2. The third kappa shape index (κ3) is 1.66. The van der Waals surface area contributed by atoms with Crippen molar-refractivity contribution in [2.75, 3.05) is 0 Å².